The van der Waals surface area contributed by atoms with Crippen LogP contribution in [0.4, 0.5) is 0 Å². The Morgan fingerprint density at radius 2 is 1.60 bits per heavy atom. The van der Waals surface area contributed by atoms with Gasteiger partial charge in [0.1, 0.15) is 5.75 Å². The van der Waals surface area contributed by atoms with Crippen LogP contribution >= 0.6 is 12.4 Å². The van der Waals surface area contributed by atoms with Gasteiger partial charge in [-0.2, -0.15) is 0 Å². The summed E-state index contributed by atoms with van der Waals surface area (Å²) in [5, 5.41) is 0. The van der Waals surface area contributed by atoms with Gasteiger partial charge < -0.3 is 29.6 Å². The van der Waals surface area contributed by atoms with Gasteiger partial charge in [-0.05, 0) is 55.3 Å². The maximum Gasteiger partial charge on any atom is 0.257 e. The number of nitrogens with zero attached hydrogens (tertiary/aromatic N) is 1. The van der Waals surface area contributed by atoms with Gasteiger partial charge in [-0.25, -0.2) is 0 Å². The average molecular weight is 505 g/mol. The molecule has 0 aromatic heterocycles. The van der Waals surface area contributed by atoms with E-state index in [0.29, 0.717) is 46.8 Å². The van der Waals surface area contributed by atoms with Crippen molar-refractivity contribution in [2.24, 2.45) is 17.6 Å². The maximum absolute atomic E-state index is 13.7. The highest BCUT2D eigenvalue weighted by atomic mass is 35.5. The summed E-state index contributed by atoms with van der Waals surface area (Å²) in [5.74, 6) is 3.39. The largest absolute Gasteiger partial charge is 0.492 e. The minimum Gasteiger partial charge on any atom is -0.492 e. The molecule has 35 heavy (non-hydrogen) atoms. The molecule has 2 aromatic carbocycles. The number of methoxy groups -OCH3 is 3. The maximum atomic E-state index is 13.7. The van der Waals surface area contributed by atoms with E-state index in [2.05, 4.69) is 0 Å². The lowest BCUT2D eigenvalue weighted by Gasteiger charge is -2.41. The Hall–Kier alpha value is -2.64. The van der Waals surface area contributed by atoms with Crippen molar-refractivity contribution in [1.82, 2.24) is 4.90 Å². The van der Waals surface area contributed by atoms with Crippen LogP contribution in [0.25, 0.3) is 0 Å². The number of likely N-dealkylation sites (tertiary alicyclic amines) is 1. The molecule has 1 aliphatic carbocycles. The number of ether oxygens (including phenoxy) is 4. The third kappa shape index (κ3) is 5.78. The summed E-state index contributed by atoms with van der Waals surface area (Å²) in [6.45, 7) is 2.14. The number of halogens is 1. The number of carbonyl (C=O) groups excluding carboxylic acids is 1. The summed E-state index contributed by atoms with van der Waals surface area (Å²) in [7, 11) is 4.62. The van der Waals surface area contributed by atoms with Gasteiger partial charge in [0, 0.05) is 19.2 Å². The number of fused-ring (bicyclic) bond motifs is 1. The second kappa shape index (κ2) is 12.4. The number of piperidine rings is 1. The fourth-order valence-corrected chi connectivity index (χ4v) is 5.39. The first kappa shape index (κ1) is 27.0. The zero-order valence-electron chi connectivity index (χ0n) is 20.9. The molecule has 2 aromatic rings. The van der Waals surface area contributed by atoms with Crippen LogP contribution < -0.4 is 24.7 Å². The average Bonchev–Trinajstić information content (AvgIpc) is 2.88. The van der Waals surface area contributed by atoms with Crippen LogP contribution in [-0.4, -0.2) is 51.8 Å². The van der Waals surface area contributed by atoms with Crippen molar-refractivity contribution in [3.05, 3.63) is 41.5 Å². The molecule has 0 spiro atoms. The molecule has 7 nitrogen and oxygen atoms in total. The molecule has 0 radical (unpaired) electrons. The highest BCUT2D eigenvalue weighted by molar-refractivity contribution is 5.99. The van der Waals surface area contributed by atoms with E-state index in [1.165, 1.54) is 39.9 Å². The molecule has 1 amide bonds. The Morgan fingerprint density at radius 1 is 0.943 bits per heavy atom. The lowest BCUT2D eigenvalue weighted by molar-refractivity contribution is 0.0517. The third-order valence-corrected chi connectivity index (χ3v) is 7.16. The van der Waals surface area contributed by atoms with Crippen molar-refractivity contribution in [1.29, 1.82) is 0 Å². The molecule has 1 saturated heterocycles. The summed E-state index contributed by atoms with van der Waals surface area (Å²) in [4.78, 5) is 15.7. The molecule has 0 unspecified atom stereocenters. The normalized spacial score (nSPS) is 19.3. The fraction of sp³-hybridized carbons (Fsp3) is 0.519. The van der Waals surface area contributed by atoms with E-state index >= 15 is 0 Å². The van der Waals surface area contributed by atoms with E-state index in [4.69, 9.17) is 24.7 Å². The van der Waals surface area contributed by atoms with Crippen molar-refractivity contribution < 1.29 is 23.7 Å². The third-order valence-electron chi connectivity index (χ3n) is 7.16. The van der Waals surface area contributed by atoms with Gasteiger partial charge in [0.25, 0.3) is 5.91 Å². The second-order valence-corrected chi connectivity index (χ2v) is 9.15. The van der Waals surface area contributed by atoms with Gasteiger partial charge in [0.05, 0.1) is 26.9 Å². The number of hydrogen-bond acceptors (Lipinski definition) is 6. The van der Waals surface area contributed by atoms with E-state index < -0.39 is 0 Å². The molecule has 4 rings (SSSR count). The molecule has 0 bridgehead atoms. The van der Waals surface area contributed by atoms with Crippen LogP contribution in [0.2, 0.25) is 0 Å². The molecule has 1 heterocycles. The molecular weight excluding hydrogens is 468 g/mol. The summed E-state index contributed by atoms with van der Waals surface area (Å²) < 4.78 is 23.1. The van der Waals surface area contributed by atoms with Crippen LogP contribution in [0, 0.1) is 11.8 Å². The number of nitrogens with two attached hydrogens (primary N) is 1. The summed E-state index contributed by atoms with van der Waals surface area (Å²) in [6, 6.07) is 9.45. The lowest BCUT2D eigenvalue weighted by atomic mass is 9.75. The minimum atomic E-state index is -0.0648. The van der Waals surface area contributed by atoms with Crippen LogP contribution in [0.3, 0.4) is 0 Å². The molecular formula is C27H37ClN2O5. The Kier molecular flexibility index (Phi) is 9.52. The first-order chi connectivity index (χ1) is 16.6. The Labute approximate surface area is 214 Å². The molecule has 1 saturated carbocycles. The van der Waals surface area contributed by atoms with Crippen molar-refractivity contribution in [2.75, 3.05) is 41.0 Å². The van der Waals surface area contributed by atoms with Crippen molar-refractivity contribution in [2.45, 2.75) is 38.5 Å². The molecule has 2 N–H and O–H groups in total. The quantitative estimate of drug-likeness (QED) is 0.539. The second-order valence-electron chi connectivity index (χ2n) is 9.15. The van der Waals surface area contributed by atoms with Gasteiger partial charge in [0.2, 0.25) is 11.5 Å². The van der Waals surface area contributed by atoms with E-state index in [-0.39, 0.29) is 18.3 Å². The van der Waals surface area contributed by atoms with Gasteiger partial charge in [0.15, 0.2) is 11.5 Å². The highest BCUT2D eigenvalue weighted by Crippen LogP contribution is 2.48. The lowest BCUT2D eigenvalue weighted by Crippen LogP contribution is -2.44. The Balaban J connectivity index is 0.00000342. The first-order valence-electron chi connectivity index (χ1n) is 12.2. The summed E-state index contributed by atoms with van der Waals surface area (Å²) in [6.07, 6.45) is 6.92. The van der Waals surface area contributed by atoms with E-state index in [1.807, 2.05) is 29.2 Å². The zero-order valence-corrected chi connectivity index (χ0v) is 21.7. The van der Waals surface area contributed by atoms with Crippen LogP contribution in [0.15, 0.2) is 30.3 Å². The van der Waals surface area contributed by atoms with Gasteiger partial charge in [-0.15, -0.1) is 12.4 Å². The number of amides is 1. The molecule has 8 heteroatoms. The molecule has 2 aliphatic rings. The van der Waals surface area contributed by atoms with Gasteiger partial charge in [-0.1, -0.05) is 31.4 Å². The summed E-state index contributed by atoms with van der Waals surface area (Å²) in [5.41, 5.74) is 7.21. The number of benzene rings is 2. The van der Waals surface area contributed by atoms with Gasteiger partial charge >= 0.3 is 0 Å². The number of hydrogen-bond donors (Lipinski definition) is 1. The van der Waals surface area contributed by atoms with Crippen molar-refractivity contribution in [3.8, 4) is 28.7 Å². The smallest absolute Gasteiger partial charge is 0.257 e. The zero-order chi connectivity index (χ0) is 24.1. The SMILES string of the molecule is COc1c(Oc2ccc(CCN)cc2)cc(C(=O)N2CC[C@@H]3CCCC[C@H]3C2)c(OC)c1OC.Cl. The van der Waals surface area contributed by atoms with Gasteiger partial charge in [-0.3, -0.25) is 4.79 Å². The predicted molar refractivity (Wildman–Crippen MR) is 139 cm³/mol. The Morgan fingerprint density at radius 3 is 2.23 bits per heavy atom. The van der Waals surface area contributed by atoms with E-state index in [1.54, 1.807) is 13.2 Å². The van der Waals surface area contributed by atoms with Crippen LogP contribution in [0.5, 0.6) is 28.7 Å². The fourth-order valence-electron chi connectivity index (χ4n) is 5.39. The standard InChI is InChI=1S/C27H36N2O5.ClH/c1-31-24-22(27(30)29-15-13-19-6-4-5-7-20(19)17-29)16-23(25(32-2)26(24)33-3)34-21-10-8-18(9-11-21)12-14-28;/h8-11,16,19-20H,4-7,12-15,17,28H2,1-3H3;1H/t19-,20-;/m0./s1. The topological polar surface area (TPSA) is 83.3 Å². The monoisotopic (exact) mass is 504 g/mol. The molecule has 2 atom stereocenters. The molecule has 1 aliphatic heterocycles. The van der Waals surface area contributed by atoms with Crippen LogP contribution in [0.1, 0.15) is 48.0 Å². The minimum absolute atomic E-state index is 0. The number of carbonyl (C=O) groups is 1. The highest BCUT2D eigenvalue weighted by Gasteiger charge is 2.35. The molecule has 2 fully saturated rings. The van der Waals surface area contributed by atoms with E-state index in [0.717, 1.165) is 37.4 Å². The van der Waals surface area contributed by atoms with Crippen molar-refractivity contribution >= 4 is 18.3 Å². The summed E-state index contributed by atoms with van der Waals surface area (Å²) >= 11 is 0. The molecule has 192 valence electrons. The number of rotatable bonds is 8. The Bertz CT molecular complexity index is 998. The first-order valence-corrected chi connectivity index (χ1v) is 12.2. The van der Waals surface area contributed by atoms with E-state index in [9.17, 15) is 4.79 Å². The predicted octanol–water partition coefficient (Wildman–Crippen LogP) is 5.08. The van der Waals surface area contributed by atoms with Crippen molar-refractivity contribution in [3.63, 3.8) is 0 Å². The van der Waals surface area contributed by atoms with Crippen LogP contribution in [-0.2, 0) is 6.42 Å².